The minimum atomic E-state index is -3.14. The van der Waals surface area contributed by atoms with Gasteiger partial charge in [-0.3, -0.25) is 19.8 Å². The van der Waals surface area contributed by atoms with E-state index in [9.17, 15) is 23.7 Å². The summed E-state index contributed by atoms with van der Waals surface area (Å²) in [7, 11) is 1.24. The second-order valence-electron chi connectivity index (χ2n) is 5.30. The number of halogens is 2. The van der Waals surface area contributed by atoms with Crippen molar-refractivity contribution in [3.63, 3.8) is 0 Å². The molecule has 25 heavy (non-hydrogen) atoms. The fraction of sp³-hybridized carbons (Fsp3) is 0.533. The molecule has 0 radical (unpaired) electrons. The number of carbonyl (C=O) groups excluding carboxylic acids is 1. The summed E-state index contributed by atoms with van der Waals surface area (Å²) in [6.45, 7) is -0.701. The van der Waals surface area contributed by atoms with Crippen LogP contribution in [0.5, 0.6) is 11.5 Å². The van der Waals surface area contributed by atoms with E-state index in [1.165, 1.54) is 13.2 Å². The van der Waals surface area contributed by atoms with Crippen LogP contribution in [0.2, 0.25) is 0 Å². The quantitative estimate of drug-likeness (QED) is 0.478. The third-order valence-electron chi connectivity index (χ3n) is 3.38. The third-order valence-corrected chi connectivity index (χ3v) is 3.38. The SMILES string of the molecule is CCCCN(CC(N)=O)Cc1cc(OC)c(OC(F)F)cc1[N+](=O)[O-]. The summed E-state index contributed by atoms with van der Waals surface area (Å²) in [5.41, 5.74) is 5.02. The molecule has 0 bridgehead atoms. The Morgan fingerprint density at radius 3 is 2.56 bits per heavy atom. The van der Waals surface area contributed by atoms with E-state index in [0.29, 0.717) is 6.54 Å². The summed E-state index contributed by atoms with van der Waals surface area (Å²) < 4.78 is 34.2. The smallest absolute Gasteiger partial charge is 0.387 e. The number of benzene rings is 1. The van der Waals surface area contributed by atoms with E-state index in [0.717, 1.165) is 18.9 Å². The first kappa shape index (κ1) is 20.6. The molecule has 0 atom stereocenters. The molecule has 2 N–H and O–H groups in total. The minimum Gasteiger partial charge on any atom is -0.493 e. The van der Waals surface area contributed by atoms with Gasteiger partial charge in [0.05, 0.1) is 24.6 Å². The number of ether oxygens (including phenoxy) is 2. The molecule has 0 aromatic heterocycles. The van der Waals surface area contributed by atoms with Gasteiger partial charge < -0.3 is 15.2 Å². The largest absolute Gasteiger partial charge is 0.493 e. The van der Waals surface area contributed by atoms with Crippen LogP contribution in [0.4, 0.5) is 14.5 Å². The predicted molar refractivity (Wildman–Crippen MR) is 85.7 cm³/mol. The number of primary amides is 1. The molecule has 0 spiro atoms. The zero-order chi connectivity index (χ0) is 19.0. The van der Waals surface area contributed by atoms with E-state index < -0.39 is 28.9 Å². The number of unbranched alkanes of at least 4 members (excludes halogenated alkanes) is 1. The van der Waals surface area contributed by atoms with Crippen molar-refractivity contribution in [2.75, 3.05) is 20.2 Å². The summed E-state index contributed by atoms with van der Waals surface area (Å²) in [5, 5.41) is 11.3. The summed E-state index contributed by atoms with van der Waals surface area (Å²) in [4.78, 5) is 23.4. The number of carbonyl (C=O) groups is 1. The molecule has 10 heteroatoms. The van der Waals surface area contributed by atoms with Crippen molar-refractivity contribution in [3.05, 3.63) is 27.8 Å². The van der Waals surface area contributed by atoms with Crippen molar-refractivity contribution in [2.45, 2.75) is 32.9 Å². The lowest BCUT2D eigenvalue weighted by molar-refractivity contribution is -0.385. The lowest BCUT2D eigenvalue weighted by atomic mass is 10.1. The standard InChI is InChI=1S/C15H21F2N3O5/c1-3-4-5-19(9-14(18)21)8-10-6-12(24-2)13(25-15(16)17)7-11(10)20(22)23/h6-7,15H,3-5,8-9H2,1-2H3,(H2,18,21). The van der Waals surface area contributed by atoms with Crippen LogP contribution in [0.15, 0.2) is 12.1 Å². The Morgan fingerprint density at radius 1 is 1.40 bits per heavy atom. The van der Waals surface area contributed by atoms with E-state index in [1.807, 2.05) is 6.92 Å². The van der Waals surface area contributed by atoms with E-state index in [-0.39, 0.29) is 24.4 Å². The van der Waals surface area contributed by atoms with Crippen molar-refractivity contribution in [1.29, 1.82) is 0 Å². The van der Waals surface area contributed by atoms with Crippen molar-refractivity contribution in [1.82, 2.24) is 4.90 Å². The van der Waals surface area contributed by atoms with Gasteiger partial charge in [0.15, 0.2) is 11.5 Å². The number of nitrogens with two attached hydrogens (primary N) is 1. The lowest BCUT2D eigenvalue weighted by Gasteiger charge is -2.21. The summed E-state index contributed by atoms with van der Waals surface area (Å²) in [6, 6.07) is 2.15. The van der Waals surface area contributed by atoms with Gasteiger partial charge in [-0.25, -0.2) is 0 Å². The van der Waals surface area contributed by atoms with E-state index in [2.05, 4.69) is 4.74 Å². The number of nitrogens with zero attached hydrogens (tertiary/aromatic N) is 2. The molecule has 1 amide bonds. The third kappa shape index (κ3) is 6.49. The van der Waals surface area contributed by atoms with Gasteiger partial charge >= 0.3 is 6.61 Å². The first-order chi connectivity index (χ1) is 11.8. The monoisotopic (exact) mass is 361 g/mol. The highest BCUT2D eigenvalue weighted by molar-refractivity contribution is 5.75. The Bertz CT molecular complexity index is 613. The number of methoxy groups -OCH3 is 1. The molecule has 140 valence electrons. The fourth-order valence-corrected chi connectivity index (χ4v) is 2.29. The van der Waals surface area contributed by atoms with Crippen LogP contribution < -0.4 is 15.2 Å². The Kier molecular flexibility index (Phi) is 7.99. The van der Waals surface area contributed by atoms with Crippen molar-refractivity contribution < 1.29 is 28.0 Å². The Hall–Kier alpha value is -2.49. The molecule has 0 aliphatic rings. The van der Waals surface area contributed by atoms with Gasteiger partial charge in [-0.1, -0.05) is 13.3 Å². The molecule has 0 heterocycles. The van der Waals surface area contributed by atoms with Gasteiger partial charge in [-0.2, -0.15) is 8.78 Å². The fourth-order valence-electron chi connectivity index (χ4n) is 2.29. The van der Waals surface area contributed by atoms with Crippen LogP contribution in [0.3, 0.4) is 0 Å². The summed E-state index contributed by atoms with van der Waals surface area (Å²) in [6.07, 6.45) is 1.63. The van der Waals surface area contributed by atoms with Crippen LogP contribution >= 0.6 is 0 Å². The highest BCUT2D eigenvalue weighted by atomic mass is 19.3. The first-order valence-electron chi connectivity index (χ1n) is 7.59. The topological polar surface area (TPSA) is 108 Å². The normalized spacial score (nSPS) is 11.0. The number of alkyl halides is 2. The maximum Gasteiger partial charge on any atom is 0.387 e. The van der Waals surface area contributed by atoms with Gasteiger partial charge in [-0.15, -0.1) is 0 Å². The lowest BCUT2D eigenvalue weighted by Crippen LogP contribution is -2.34. The van der Waals surface area contributed by atoms with Gasteiger partial charge in [0.1, 0.15) is 0 Å². The molecule has 1 aromatic rings. The molecular weight excluding hydrogens is 340 g/mol. The molecule has 1 rings (SSSR count). The number of nitro benzene ring substituents is 1. The predicted octanol–water partition coefficient (Wildman–Crippen LogP) is 2.29. The van der Waals surface area contributed by atoms with Gasteiger partial charge in [0, 0.05) is 12.1 Å². The molecule has 0 aliphatic heterocycles. The van der Waals surface area contributed by atoms with Crippen molar-refractivity contribution in [2.24, 2.45) is 5.73 Å². The van der Waals surface area contributed by atoms with Crippen molar-refractivity contribution in [3.8, 4) is 11.5 Å². The average molecular weight is 361 g/mol. The zero-order valence-corrected chi connectivity index (χ0v) is 14.0. The first-order valence-corrected chi connectivity index (χ1v) is 7.59. The minimum absolute atomic E-state index is 0.0462. The average Bonchev–Trinajstić information content (AvgIpc) is 2.52. The molecule has 1 aromatic carbocycles. The van der Waals surface area contributed by atoms with E-state index in [1.54, 1.807) is 4.90 Å². The molecule has 0 unspecified atom stereocenters. The van der Waals surface area contributed by atoms with Crippen molar-refractivity contribution >= 4 is 11.6 Å². The molecular formula is C15H21F2N3O5. The maximum atomic E-state index is 12.5. The zero-order valence-electron chi connectivity index (χ0n) is 14.0. The molecule has 8 nitrogen and oxygen atoms in total. The molecule has 0 aliphatic carbocycles. The second-order valence-corrected chi connectivity index (χ2v) is 5.30. The van der Waals surface area contributed by atoms with Crippen LogP contribution in [0.1, 0.15) is 25.3 Å². The summed E-state index contributed by atoms with van der Waals surface area (Å²) >= 11 is 0. The highest BCUT2D eigenvalue weighted by Crippen LogP contribution is 2.36. The maximum absolute atomic E-state index is 12.5. The van der Waals surface area contributed by atoms with Gasteiger partial charge in [-0.05, 0) is 19.0 Å². The number of rotatable bonds is 11. The number of hydrogen-bond donors (Lipinski definition) is 1. The molecule has 0 saturated heterocycles. The van der Waals surface area contributed by atoms with E-state index in [4.69, 9.17) is 10.5 Å². The number of hydrogen-bond acceptors (Lipinski definition) is 6. The number of amides is 1. The van der Waals surface area contributed by atoms with Crippen LogP contribution in [-0.4, -0.2) is 42.5 Å². The Morgan fingerprint density at radius 2 is 2.08 bits per heavy atom. The summed E-state index contributed by atoms with van der Waals surface area (Å²) in [5.74, 6) is -1.05. The molecule has 0 fully saturated rings. The van der Waals surface area contributed by atoms with Crippen LogP contribution in [0.25, 0.3) is 0 Å². The second kappa shape index (κ2) is 9.72. The Balaban J connectivity index is 3.21. The van der Waals surface area contributed by atoms with Crippen LogP contribution in [0, 0.1) is 10.1 Å². The van der Waals surface area contributed by atoms with Crippen LogP contribution in [-0.2, 0) is 11.3 Å². The molecule has 0 saturated carbocycles. The Labute approximate surface area is 143 Å². The van der Waals surface area contributed by atoms with Gasteiger partial charge in [0.2, 0.25) is 5.91 Å². The van der Waals surface area contributed by atoms with E-state index >= 15 is 0 Å². The number of nitro groups is 1. The van der Waals surface area contributed by atoms with Gasteiger partial charge in [0.25, 0.3) is 5.69 Å². The highest BCUT2D eigenvalue weighted by Gasteiger charge is 2.23.